The van der Waals surface area contributed by atoms with Crippen molar-refractivity contribution >= 4 is 17.7 Å². The highest BCUT2D eigenvalue weighted by Crippen LogP contribution is 2.24. The van der Waals surface area contributed by atoms with Crippen molar-refractivity contribution in [2.75, 3.05) is 5.75 Å². The third kappa shape index (κ3) is 4.44. The lowest BCUT2D eigenvalue weighted by molar-refractivity contribution is -0.119. The monoisotopic (exact) mass is 318 g/mol. The van der Waals surface area contributed by atoms with Gasteiger partial charge in [-0.2, -0.15) is 5.26 Å². The highest BCUT2D eigenvalue weighted by atomic mass is 32.2. The van der Waals surface area contributed by atoms with E-state index in [0.29, 0.717) is 28.1 Å². The van der Waals surface area contributed by atoms with Crippen LogP contribution < -0.4 is 5.32 Å². The summed E-state index contributed by atoms with van der Waals surface area (Å²) < 4.78 is 0. The van der Waals surface area contributed by atoms with E-state index in [-0.39, 0.29) is 11.7 Å². The molecule has 0 spiro atoms. The summed E-state index contributed by atoms with van der Waals surface area (Å²) in [5, 5.41) is 12.9. The maximum absolute atomic E-state index is 12.1. The second-order valence-corrected chi connectivity index (χ2v) is 6.93. The van der Waals surface area contributed by atoms with Crippen molar-refractivity contribution in [3.05, 3.63) is 17.1 Å². The second-order valence-electron chi connectivity index (χ2n) is 5.96. The summed E-state index contributed by atoms with van der Waals surface area (Å²) in [6.07, 6.45) is 4.49. The summed E-state index contributed by atoms with van der Waals surface area (Å²) in [5.41, 5.74) is 1.13. The van der Waals surface area contributed by atoms with Crippen molar-refractivity contribution < 1.29 is 4.79 Å². The molecular weight excluding hydrogens is 296 g/mol. The minimum Gasteiger partial charge on any atom is -0.353 e. The van der Waals surface area contributed by atoms with Crippen LogP contribution in [0.4, 0.5) is 0 Å². The average molecular weight is 318 g/mol. The number of hydrogen-bond donors (Lipinski definition) is 1. The Hall–Kier alpha value is -1.61. The fraction of sp³-hybridized carbons (Fsp3) is 0.625. The first kappa shape index (κ1) is 16.8. The highest BCUT2D eigenvalue weighted by molar-refractivity contribution is 8.00. The van der Waals surface area contributed by atoms with Gasteiger partial charge in [0.15, 0.2) is 0 Å². The van der Waals surface area contributed by atoms with Crippen molar-refractivity contribution in [3.8, 4) is 6.07 Å². The Labute approximate surface area is 135 Å². The van der Waals surface area contributed by atoms with Crippen molar-refractivity contribution in [2.45, 2.75) is 57.5 Å². The van der Waals surface area contributed by atoms with Crippen molar-refractivity contribution in [1.82, 2.24) is 15.3 Å². The Bertz CT molecular complexity index is 589. The molecule has 1 aromatic rings. The molecule has 2 rings (SSSR count). The van der Waals surface area contributed by atoms with E-state index in [1.54, 1.807) is 13.8 Å². The van der Waals surface area contributed by atoms with Gasteiger partial charge in [0.25, 0.3) is 0 Å². The van der Waals surface area contributed by atoms with Crippen LogP contribution in [0.25, 0.3) is 0 Å². The molecule has 1 saturated carbocycles. The van der Waals surface area contributed by atoms with E-state index >= 15 is 0 Å². The molecule has 6 heteroatoms. The lowest BCUT2D eigenvalue weighted by Gasteiger charge is -2.26. The van der Waals surface area contributed by atoms with E-state index in [2.05, 4.69) is 28.3 Å². The Kier molecular flexibility index (Phi) is 5.78. The van der Waals surface area contributed by atoms with E-state index < -0.39 is 0 Å². The zero-order valence-corrected chi connectivity index (χ0v) is 14.2. The van der Waals surface area contributed by atoms with E-state index in [4.69, 9.17) is 0 Å². The molecule has 1 amide bonds. The van der Waals surface area contributed by atoms with Crippen LogP contribution in [0.3, 0.4) is 0 Å². The number of thioether (sulfide) groups is 1. The van der Waals surface area contributed by atoms with Gasteiger partial charge in [-0.05, 0) is 45.4 Å². The molecule has 0 atom stereocenters. The van der Waals surface area contributed by atoms with Crippen LogP contribution in [0, 0.1) is 31.1 Å². The molecule has 22 heavy (non-hydrogen) atoms. The molecule has 1 aliphatic rings. The number of nitriles is 1. The molecule has 5 nitrogen and oxygen atoms in total. The zero-order valence-electron chi connectivity index (χ0n) is 13.3. The standard InChI is InChI=1S/C16H22N4OS/c1-10-4-6-13(7-5-10)20-15(21)9-22-16-14(8-17)11(2)18-12(3)19-16/h10,13H,4-7,9H2,1-3H3,(H,20,21). The molecule has 118 valence electrons. The molecule has 0 bridgehead atoms. The first-order chi connectivity index (χ1) is 10.5. The van der Waals surface area contributed by atoms with Crippen molar-refractivity contribution in [1.29, 1.82) is 5.26 Å². The maximum atomic E-state index is 12.1. The van der Waals surface area contributed by atoms with Gasteiger partial charge < -0.3 is 5.32 Å². The molecule has 0 unspecified atom stereocenters. The van der Waals surface area contributed by atoms with Gasteiger partial charge in [0.05, 0.1) is 11.4 Å². The molecule has 1 aliphatic carbocycles. The van der Waals surface area contributed by atoms with E-state index in [0.717, 1.165) is 18.8 Å². The first-order valence-corrected chi connectivity index (χ1v) is 8.65. The fourth-order valence-electron chi connectivity index (χ4n) is 2.72. The SMILES string of the molecule is Cc1nc(C)c(C#N)c(SCC(=O)NC2CCC(C)CC2)n1. The first-order valence-electron chi connectivity index (χ1n) is 7.67. The third-order valence-electron chi connectivity index (χ3n) is 4.00. The highest BCUT2D eigenvalue weighted by Gasteiger charge is 2.20. The number of nitrogens with one attached hydrogen (secondary N) is 1. The third-order valence-corrected chi connectivity index (χ3v) is 4.98. The van der Waals surface area contributed by atoms with Gasteiger partial charge in [0.1, 0.15) is 22.5 Å². The van der Waals surface area contributed by atoms with Crippen molar-refractivity contribution in [3.63, 3.8) is 0 Å². The molecule has 0 aliphatic heterocycles. The van der Waals surface area contributed by atoms with Gasteiger partial charge in [-0.25, -0.2) is 9.97 Å². The minimum atomic E-state index is 0.0161. The molecule has 1 heterocycles. The largest absolute Gasteiger partial charge is 0.353 e. The maximum Gasteiger partial charge on any atom is 0.230 e. The van der Waals surface area contributed by atoms with E-state index in [1.807, 2.05) is 0 Å². The number of hydrogen-bond acceptors (Lipinski definition) is 5. The van der Waals surface area contributed by atoms with Gasteiger partial charge >= 0.3 is 0 Å². The Morgan fingerprint density at radius 3 is 2.64 bits per heavy atom. The summed E-state index contributed by atoms with van der Waals surface area (Å²) in [6.45, 7) is 5.85. The van der Waals surface area contributed by atoms with Gasteiger partial charge in [-0.1, -0.05) is 18.7 Å². The number of nitrogens with zero attached hydrogens (tertiary/aromatic N) is 3. The number of amides is 1. The average Bonchev–Trinajstić information content (AvgIpc) is 2.47. The predicted octanol–water partition coefficient (Wildman–Crippen LogP) is 2.75. The van der Waals surface area contributed by atoms with Crippen LogP contribution >= 0.6 is 11.8 Å². The summed E-state index contributed by atoms with van der Waals surface area (Å²) in [7, 11) is 0. The van der Waals surface area contributed by atoms with Crippen LogP contribution in [-0.4, -0.2) is 27.7 Å². The van der Waals surface area contributed by atoms with Crippen LogP contribution in [0.5, 0.6) is 0 Å². The summed E-state index contributed by atoms with van der Waals surface area (Å²) >= 11 is 1.31. The topological polar surface area (TPSA) is 78.7 Å². The Balaban J connectivity index is 1.90. The number of carbonyl (C=O) groups excluding carboxylic acids is 1. The molecule has 1 fully saturated rings. The van der Waals surface area contributed by atoms with Gasteiger partial charge in [-0.15, -0.1) is 0 Å². The molecular formula is C16H22N4OS. The molecule has 1 N–H and O–H groups in total. The van der Waals surface area contributed by atoms with E-state index in [1.165, 1.54) is 24.6 Å². The normalized spacial score (nSPS) is 21.2. The number of rotatable bonds is 4. The van der Waals surface area contributed by atoms with Crippen molar-refractivity contribution in [2.24, 2.45) is 5.92 Å². The van der Waals surface area contributed by atoms with Crippen LogP contribution in [-0.2, 0) is 4.79 Å². The van der Waals surface area contributed by atoms with Crippen LogP contribution in [0.2, 0.25) is 0 Å². The second kappa shape index (κ2) is 7.59. The molecule has 0 radical (unpaired) electrons. The number of carbonyl (C=O) groups is 1. The molecule has 1 aromatic heterocycles. The van der Waals surface area contributed by atoms with Gasteiger partial charge in [-0.3, -0.25) is 4.79 Å². The summed E-state index contributed by atoms with van der Waals surface area (Å²) in [4.78, 5) is 20.5. The lowest BCUT2D eigenvalue weighted by Crippen LogP contribution is -2.38. The molecule has 0 saturated heterocycles. The summed E-state index contributed by atoms with van der Waals surface area (Å²) in [6, 6.07) is 2.42. The molecule has 0 aromatic carbocycles. The lowest BCUT2D eigenvalue weighted by atomic mass is 9.87. The van der Waals surface area contributed by atoms with Crippen LogP contribution in [0.1, 0.15) is 49.7 Å². The van der Waals surface area contributed by atoms with E-state index in [9.17, 15) is 10.1 Å². The quantitative estimate of drug-likeness (QED) is 0.682. The smallest absolute Gasteiger partial charge is 0.230 e. The number of aryl methyl sites for hydroxylation is 2. The van der Waals surface area contributed by atoms with Gasteiger partial charge in [0.2, 0.25) is 5.91 Å². The Morgan fingerprint density at radius 1 is 1.32 bits per heavy atom. The van der Waals surface area contributed by atoms with Crippen LogP contribution in [0.15, 0.2) is 5.03 Å². The zero-order chi connectivity index (χ0) is 16.1. The predicted molar refractivity (Wildman–Crippen MR) is 86.5 cm³/mol. The fourth-order valence-corrected chi connectivity index (χ4v) is 3.61. The Morgan fingerprint density at radius 2 is 2.00 bits per heavy atom. The number of aromatic nitrogens is 2. The minimum absolute atomic E-state index is 0.0161. The van der Waals surface area contributed by atoms with Gasteiger partial charge in [0, 0.05) is 6.04 Å². The summed E-state index contributed by atoms with van der Waals surface area (Å²) in [5.74, 6) is 1.70.